The number of aliphatic imine (C=N–C) groups is 1. The van der Waals surface area contributed by atoms with Crippen LogP contribution in [-0.4, -0.2) is 30.0 Å². The Morgan fingerprint density at radius 2 is 1.88 bits per heavy atom. The Bertz CT molecular complexity index is 277. The minimum absolute atomic E-state index is 0.394. The second kappa shape index (κ2) is 5.28. The summed E-state index contributed by atoms with van der Waals surface area (Å²) >= 11 is 0. The number of nitrogens with two attached hydrogens (primary N) is 1. The number of hydrogen-bond donors (Lipinski definition) is 1. The standard InChI is InChI=1S/C14H27N3/c1-14(2)9-6-10-17(11-14)13(15)16-12-7-4-3-5-8-12/h12H,3-11H2,1-2H3,(H2,15,16). The first-order valence-corrected chi connectivity index (χ1v) is 7.15. The Balaban J connectivity index is 1.93. The molecule has 98 valence electrons. The quantitative estimate of drug-likeness (QED) is 0.563. The number of hydrogen-bond acceptors (Lipinski definition) is 1. The van der Waals surface area contributed by atoms with Gasteiger partial charge in [0.05, 0.1) is 6.04 Å². The molecule has 2 rings (SSSR count). The van der Waals surface area contributed by atoms with Crippen LogP contribution in [0.5, 0.6) is 0 Å². The first kappa shape index (κ1) is 12.7. The fraction of sp³-hybridized carbons (Fsp3) is 0.929. The summed E-state index contributed by atoms with van der Waals surface area (Å²) in [5, 5.41) is 0. The first-order chi connectivity index (χ1) is 8.07. The Morgan fingerprint density at radius 3 is 2.53 bits per heavy atom. The molecule has 3 nitrogen and oxygen atoms in total. The second-order valence-electron chi connectivity index (χ2n) is 6.47. The molecule has 1 saturated carbocycles. The van der Waals surface area contributed by atoms with E-state index in [1.807, 2.05) is 0 Å². The molecule has 1 heterocycles. The van der Waals surface area contributed by atoms with Gasteiger partial charge in [-0.2, -0.15) is 0 Å². The number of guanidine groups is 1. The van der Waals surface area contributed by atoms with Crippen LogP contribution in [0.1, 0.15) is 58.8 Å². The Labute approximate surface area is 105 Å². The molecule has 0 aromatic carbocycles. The van der Waals surface area contributed by atoms with Crippen LogP contribution in [0.4, 0.5) is 0 Å². The predicted molar refractivity (Wildman–Crippen MR) is 73.1 cm³/mol. The van der Waals surface area contributed by atoms with Gasteiger partial charge in [0.1, 0.15) is 0 Å². The highest BCUT2D eigenvalue weighted by Crippen LogP contribution is 2.28. The molecule has 0 spiro atoms. The van der Waals surface area contributed by atoms with Gasteiger partial charge in [-0.3, -0.25) is 0 Å². The zero-order valence-electron chi connectivity index (χ0n) is 11.4. The predicted octanol–water partition coefficient (Wildman–Crippen LogP) is 2.76. The van der Waals surface area contributed by atoms with Gasteiger partial charge in [-0.25, -0.2) is 4.99 Å². The number of piperidine rings is 1. The molecule has 0 aromatic rings. The molecule has 0 radical (unpaired) electrons. The van der Waals surface area contributed by atoms with Crippen LogP contribution in [-0.2, 0) is 0 Å². The van der Waals surface area contributed by atoms with E-state index in [1.165, 1.54) is 44.9 Å². The van der Waals surface area contributed by atoms with Crippen molar-refractivity contribution in [3.05, 3.63) is 0 Å². The molecule has 2 aliphatic rings. The summed E-state index contributed by atoms with van der Waals surface area (Å²) in [4.78, 5) is 7.04. The van der Waals surface area contributed by atoms with E-state index in [0.717, 1.165) is 19.0 Å². The number of likely N-dealkylation sites (tertiary alicyclic amines) is 1. The second-order valence-corrected chi connectivity index (χ2v) is 6.47. The molecule has 0 amide bonds. The van der Waals surface area contributed by atoms with E-state index in [2.05, 4.69) is 18.7 Å². The molecule has 0 atom stereocenters. The zero-order chi connectivity index (χ0) is 12.3. The zero-order valence-corrected chi connectivity index (χ0v) is 11.4. The maximum atomic E-state index is 6.18. The average molecular weight is 237 g/mol. The fourth-order valence-corrected chi connectivity index (χ4v) is 3.10. The lowest BCUT2D eigenvalue weighted by Gasteiger charge is -2.39. The highest BCUT2D eigenvalue weighted by molar-refractivity contribution is 5.78. The van der Waals surface area contributed by atoms with Crippen LogP contribution in [0.2, 0.25) is 0 Å². The van der Waals surface area contributed by atoms with E-state index in [1.54, 1.807) is 0 Å². The largest absolute Gasteiger partial charge is 0.370 e. The van der Waals surface area contributed by atoms with Crippen molar-refractivity contribution in [2.45, 2.75) is 64.8 Å². The van der Waals surface area contributed by atoms with E-state index in [9.17, 15) is 0 Å². The molecule has 0 unspecified atom stereocenters. The molecule has 2 fully saturated rings. The van der Waals surface area contributed by atoms with E-state index >= 15 is 0 Å². The van der Waals surface area contributed by atoms with Crippen molar-refractivity contribution in [1.29, 1.82) is 0 Å². The Morgan fingerprint density at radius 1 is 1.18 bits per heavy atom. The summed E-state index contributed by atoms with van der Waals surface area (Å²) in [6, 6.07) is 0.494. The monoisotopic (exact) mass is 237 g/mol. The lowest BCUT2D eigenvalue weighted by atomic mass is 9.84. The third-order valence-corrected chi connectivity index (χ3v) is 4.11. The third-order valence-electron chi connectivity index (χ3n) is 4.11. The molecule has 0 bridgehead atoms. The topological polar surface area (TPSA) is 41.6 Å². The summed E-state index contributed by atoms with van der Waals surface area (Å²) in [5.41, 5.74) is 6.57. The molecule has 1 saturated heterocycles. The third kappa shape index (κ3) is 3.62. The molecule has 1 aliphatic carbocycles. The van der Waals surface area contributed by atoms with Crippen molar-refractivity contribution < 1.29 is 0 Å². The highest BCUT2D eigenvalue weighted by Gasteiger charge is 2.27. The lowest BCUT2D eigenvalue weighted by Crippen LogP contribution is -2.47. The van der Waals surface area contributed by atoms with Crippen molar-refractivity contribution in [2.24, 2.45) is 16.1 Å². The van der Waals surface area contributed by atoms with Gasteiger partial charge in [0.25, 0.3) is 0 Å². The van der Waals surface area contributed by atoms with Crippen molar-refractivity contribution in [1.82, 2.24) is 4.90 Å². The van der Waals surface area contributed by atoms with Crippen LogP contribution in [0.25, 0.3) is 0 Å². The summed E-state index contributed by atoms with van der Waals surface area (Å²) in [5.74, 6) is 0.796. The Hall–Kier alpha value is -0.730. The fourth-order valence-electron chi connectivity index (χ4n) is 3.10. The van der Waals surface area contributed by atoms with Crippen molar-refractivity contribution in [3.8, 4) is 0 Å². The van der Waals surface area contributed by atoms with Crippen molar-refractivity contribution in [3.63, 3.8) is 0 Å². The molecule has 17 heavy (non-hydrogen) atoms. The van der Waals surface area contributed by atoms with E-state index in [-0.39, 0.29) is 0 Å². The Kier molecular flexibility index (Phi) is 3.95. The van der Waals surface area contributed by atoms with E-state index in [4.69, 9.17) is 10.7 Å². The highest BCUT2D eigenvalue weighted by atomic mass is 15.3. The molecule has 1 aliphatic heterocycles. The molecule has 3 heteroatoms. The van der Waals surface area contributed by atoms with Gasteiger partial charge in [-0.15, -0.1) is 0 Å². The van der Waals surface area contributed by atoms with Crippen LogP contribution in [0, 0.1) is 5.41 Å². The summed E-state index contributed by atoms with van der Waals surface area (Å²) in [6.07, 6.45) is 9.05. The SMILES string of the molecule is CC1(C)CCCN(C(N)=NC2CCCCC2)C1. The van der Waals surface area contributed by atoms with Gasteiger partial charge in [-0.05, 0) is 31.1 Å². The molecular formula is C14H27N3. The van der Waals surface area contributed by atoms with Crippen LogP contribution in [0.15, 0.2) is 4.99 Å². The normalized spacial score (nSPS) is 27.2. The van der Waals surface area contributed by atoms with Crippen LogP contribution in [0.3, 0.4) is 0 Å². The average Bonchev–Trinajstić information content (AvgIpc) is 2.29. The molecule has 2 N–H and O–H groups in total. The summed E-state index contributed by atoms with van der Waals surface area (Å²) < 4.78 is 0. The van der Waals surface area contributed by atoms with Gasteiger partial charge < -0.3 is 10.6 Å². The number of rotatable bonds is 1. The minimum Gasteiger partial charge on any atom is -0.370 e. The van der Waals surface area contributed by atoms with Gasteiger partial charge in [0.2, 0.25) is 0 Å². The maximum Gasteiger partial charge on any atom is 0.191 e. The van der Waals surface area contributed by atoms with E-state index < -0.39 is 0 Å². The van der Waals surface area contributed by atoms with Gasteiger partial charge in [-0.1, -0.05) is 33.1 Å². The van der Waals surface area contributed by atoms with Crippen LogP contribution >= 0.6 is 0 Å². The smallest absolute Gasteiger partial charge is 0.191 e. The minimum atomic E-state index is 0.394. The van der Waals surface area contributed by atoms with Gasteiger partial charge in [0, 0.05) is 13.1 Å². The van der Waals surface area contributed by atoms with E-state index in [0.29, 0.717) is 11.5 Å². The molecule has 0 aromatic heterocycles. The summed E-state index contributed by atoms with van der Waals surface area (Å²) in [6.45, 7) is 6.81. The maximum absolute atomic E-state index is 6.18. The van der Waals surface area contributed by atoms with Gasteiger partial charge >= 0.3 is 0 Å². The van der Waals surface area contributed by atoms with Crippen molar-refractivity contribution >= 4 is 5.96 Å². The van der Waals surface area contributed by atoms with Crippen LogP contribution < -0.4 is 5.73 Å². The summed E-state index contributed by atoms with van der Waals surface area (Å²) in [7, 11) is 0. The first-order valence-electron chi connectivity index (χ1n) is 7.15. The van der Waals surface area contributed by atoms with Gasteiger partial charge in [0.15, 0.2) is 5.96 Å². The lowest BCUT2D eigenvalue weighted by molar-refractivity contribution is 0.176. The van der Waals surface area contributed by atoms with Crippen molar-refractivity contribution in [2.75, 3.05) is 13.1 Å². The number of nitrogens with zero attached hydrogens (tertiary/aromatic N) is 2. The molecular weight excluding hydrogens is 210 g/mol.